The molecule has 1 aromatic rings. The summed E-state index contributed by atoms with van der Waals surface area (Å²) in [7, 11) is 1.75. The summed E-state index contributed by atoms with van der Waals surface area (Å²) in [6.07, 6.45) is 1.16. The van der Waals surface area contributed by atoms with Crippen LogP contribution in [0, 0.1) is 5.92 Å². The Hall–Kier alpha value is -0.320. The molecule has 5 heteroatoms. The molecule has 0 radical (unpaired) electrons. The van der Waals surface area contributed by atoms with E-state index in [-0.39, 0.29) is 6.04 Å². The van der Waals surface area contributed by atoms with Crippen LogP contribution in [0.5, 0.6) is 0 Å². The van der Waals surface area contributed by atoms with Crippen molar-refractivity contribution in [1.29, 1.82) is 0 Å². The maximum absolute atomic E-state index is 6.09. The SMILES string of the molecule is COCC1CCN(C(CN)c2ccc(Cl)c(Cl)c2)C1. The molecule has 1 heterocycles. The molecule has 3 nitrogen and oxygen atoms in total. The molecule has 106 valence electrons. The van der Waals surface area contributed by atoms with Gasteiger partial charge in [-0.15, -0.1) is 0 Å². The molecule has 1 aromatic carbocycles. The topological polar surface area (TPSA) is 38.5 Å². The lowest BCUT2D eigenvalue weighted by Gasteiger charge is -2.27. The first-order valence-electron chi connectivity index (χ1n) is 6.53. The van der Waals surface area contributed by atoms with Crippen LogP contribution >= 0.6 is 23.2 Å². The molecule has 19 heavy (non-hydrogen) atoms. The van der Waals surface area contributed by atoms with Crippen molar-refractivity contribution in [2.45, 2.75) is 12.5 Å². The van der Waals surface area contributed by atoms with E-state index in [2.05, 4.69) is 4.90 Å². The van der Waals surface area contributed by atoms with Gasteiger partial charge in [0.1, 0.15) is 0 Å². The van der Waals surface area contributed by atoms with Gasteiger partial charge < -0.3 is 10.5 Å². The lowest BCUT2D eigenvalue weighted by atomic mass is 10.1. The van der Waals surface area contributed by atoms with E-state index in [1.165, 1.54) is 0 Å². The van der Waals surface area contributed by atoms with Crippen LogP contribution in [-0.2, 0) is 4.74 Å². The van der Waals surface area contributed by atoms with Gasteiger partial charge >= 0.3 is 0 Å². The number of hydrogen-bond acceptors (Lipinski definition) is 3. The third-order valence-electron chi connectivity index (χ3n) is 3.71. The molecule has 2 atom stereocenters. The van der Waals surface area contributed by atoms with Crippen molar-refractivity contribution in [3.63, 3.8) is 0 Å². The number of rotatable bonds is 5. The quantitative estimate of drug-likeness (QED) is 0.909. The van der Waals surface area contributed by atoms with Gasteiger partial charge in [0.2, 0.25) is 0 Å². The lowest BCUT2D eigenvalue weighted by molar-refractivity contribution is 0.147. The molecule has 0 aliphatic carbocycles. The molecule has 0 aromatic heterocycles. The molecule has 0 spiro atoms. The minimum absolute atomic E-state index is 0.205. The van der Waals surface area contributed by atoms with Gasteiger partial charge in [-0.2, -0.15) is 0 Å². The summed E-state index contributed by atoms with van der Waals surface area (Å²) in [6.45, 7) is 3.47. The molecular weight excluding hydrogens is 283 g/mol. The zero-order chi connectivity index (χ0) is 13.8. The predicted molar refractivity (Wildman–Crippen MR) is 79.8 cm³/mol. The zero-order valence-corrected chi connectivity index (χ0v) is 12.6. The Morgan fingerprint density at radius 3 is 2.84 bits per heavy atom. The normalized spacial score (nSPS) is 21.8. The second-order valence-corrected chi connectivity index (χ2v) is 5.84. The monoisotopic (exact) mass is 302 g/mol. The fourth-order valence-corrected chi connectivity index (χ4v) is 3.04. The van der Waals surface area contributed by atoms with Crippen molar-refractivity contribution < 1.29 is 4.74 Å². The number of halogens is 2. The molecule has 1 aliphatic rings. The largest absolute Gasteiger partial charge is 0.384 e. The van der Waals surface area contributed by atoms with Gasteiger partial charge in [-0.3, -0.25) is 4.90 Å². The summed E-state index contributed by atoms with van der Waals surface area (Å²) in [6, 6.07) is 5.97. The highest BCUT2D eigenvalue weighted by Gasteiger charge is 2.28. The van der Waals surface area contributed by atoms with Crippen molar-refractivity contribution in [3.8, 4) is 0 Å². The van der Waals surface area contributed by atoms with Crippen LogP contribution < -0.4 is 5.73 Å². The van der Waals surface area contributed by atoms with Gasteiger partial charge in [-0.1, -0.05) is 29.3 Å². The fraction of sp³-hybridized carbons (Fsp3) is 0.571. The molecular formula is C14H20Cl2N2O. The second kappa shape index (κ2) is 6.91. The first-order chi connectivity index (χ1) is 9.15. The molecule has 1 aliphatic heterocycles. The van der Waals surface area contributed by atoms with Crippen LogP contribution in [0.1, 0.15) is 18.0 Å². The van der Waals surface area contributed by atoms with Crippen molar-refractivity contribution in [2.75, 3.05) is 33.4 Å². The van der Waals surface area contributed by atoms with Gasteiger partial charge in [0.25, 0.3) is 0 Å². The molecule has 0 saturated carbocycles. The molecule has 2 N–H and O–H groups in total. The first kappa shape index (κ1) is 15.1. The highest BCUT2D eigenvalue weighted by Crippen LogP contribution is 2.31. The van der Waals surface area contributed by atoms with Crippen molar-refractivity contribution in [1.82, 2.24) is 4.90 Å². The number of methoxy groups -OCH3 is 1. The van der Waals surface area contributed by atoms with E-state index in [0.29, 0.717) is 22.5 Å². The summed E-state index contributed by atoms with van der Waals surface area (Å²) in [5, 5.41) is 1.17. The van der Waals surface area contributed by atoms with Crippen LogP contribution in [0.2, 0.25) is 10.0 Å². The highest BCUT2D eigenvalue weighted by atomic mass is 35.5. The maximum Gasteiger partial charge on any atom is 0.0595 e. The van der Waals surface area contributed by atoms with Crippen LogP contribution in [0.4, 0.5) is 0 Å². The second-order valence-electron chi connectivity index (χ2n) is 5.03. The maximum atomic E-state index is 6.09. The average Bonchev–Trinajstić information content (AvgIpc) is 2.83. The summed E-state index contributed by atoms with van der Waals surface area (Å²) in [5.41, 5.74) is 7.08. The van der Waals surface area contributed by atoms with Crippen molar-refractivity contribution in [2.24, 2.45) is 11.7 Å². The van der Waals surface area contributed by atoms with E-state index in [1.54, 1.807) is 7.11 Å². The number of benzene rings is 1. The molecule has 2 unspecified atom stereocenters. The number of ether oxygens (including phenoxy) is 1. The summed E-state index contributed by atoms with van der Waals surface area (Å²) >= 11 is 12.0. The summed E-state index contributed by atoms with van der Waals surface area (Å²) in [5.74, 6) is 0.599. The number of nitrogens with zero attached hydrogens (tertiary/aromatic N) is 1. The number of hydrogen-bond donors (Lipinski definition) is 1. The highest BCUT2D eigenvalue weighted by molar-refractivity contribution is 6.42. The van der Waals surface area contributed by atoms with Crippen molar-refractivity contribution >= 4 is 23.2 Å². The van der Waals surface area contributed by atoms with E-state index < -0.39 is 0 Å². The third kappa shape index (κ3) is 3.61. The third-order valence-corrected chi connectivity index (χ3v) is 4.45. The Bertz CT molecular complexity index is 428. The number of nitrogens with two attached hydrogens (primary N) is 1. The molecule has 0 amide bonds. The van der Waals surface area contributed by atoms with Gasteiger partial charge in [-0.25, -0.2) is 0 Å². The van der Waals surface area contributed by atoms with Crippen molar-refractivity contribution in [3.05, 3.63) is 33.8 Å². The smallest absolute Gasteiger partial charge is 0.0595 e. The standard InChI is InChI=1S/C14H20Cl2N2O/c1-19-9-10-4-5-18(8-10)14(7-17)11-2-3-12(15)13(16)6-11/h2-3,6,10,14H,4-5,7-9,17H2,1H3. The van der Waals surface area contributed by atoms with Gasteiger partial charge in [0.15, 0.2) is 0 Å². The van der Waals surface area contributed by atoms with Crippen LogP contribution in [0.25, 0.3) is 0 Å². The predicted octanol–water partition coefficient (Wildman–Crippen LogP) is 2.96. The number of likely N-dealkylation sites (tertiary alicyclic amines) is 1. The minimum Gasteiger partial charge on any atom is -0.384 e. The Morgan fingerprint density at radius 1 is 1.42 bits per heavy atom. The van der Waals surface area contributed by atoms with Crippen LogP contribution in [0.15, 0.2) is 18.2 Å². The van der Waals surface area contributed by atoms with E-state index in [4.69, 9.17) is 33.7 Å². The average molecular weight is 303 g/mol. The summed E-state index contributed by atoms with van der Waals surface area (Å²) in [4.78, 5) is 2.41. The fourth-order valence-electron chi connectivity index (χ4n) is 2.73. The zero-order valence-electron chi connectivity index (χ0n) is 11.1. The Labute approximate surface area is 124 Å². The van der Waals surface area contributed by atoms with Gasteiger partial charge in [-0.05, 0) is 36.6 Å². The van der Waals surface area contributed by atoms with Crippen LogP contribution in [0.3, 0.4) is 0 Å². The van der Waals surface area contributed by atoms with E-state index in [1.807, 2.05) is 18.2 Å². The van der Waals surface area contributed by atoms with Gasteiger partial charge in [0.05, 0.1) is 16.7 Å². The Balaban J connectivity index is 2.09. The van der Waals surface area contributed by atoms with E-state index in [0.717, 1.165) is 31.7 Å². The molecule has 1 saturated heterocycles. The molecule has 1 fully saturated rings. The lowest BCUT2D eigenvalue weighted by Crippen LogP contribution is -2.32. The van der Waals surface area contributed by atoms with Gasteiger partial charge in [0, 0.05) is 26.2 Å². The minimum atomic E-state index is 0.205. The molecule has 2 rings (SSSR count). The van der Waals surface area contributed by atoms with E-state index in [9.17, 15) is 0 Å². The Morgan fingerprint density at radius 2 is 2.21 bits per heavy atom. The Kier molecular flexibility index (Phi) is 5.48. The van der Waals surface area contributed by atoms with Crippen LogP contribution in [-0.4, -0.2) is 38.3 Å². The molecule has 0 bridgehead atoms. The summed E-state index contributed by atoms with van der Waals surface area (Å²) < 4.78 is 5.23. The van der Waals surface area contributed by atoms with E-state index >= 15 is 0 Å². The first-order valence-corrected chi connectivity index (χ1v) is 7.29.